The van der Waals surface area contributed by atoms with E-state index >= 15 is 0 Å². The van der Waals surface area contributed by atoms with Crippen molar-refractivity contribution >= 4 is 21.4 Å². The second-order valence-corrected chi connectivity index (χ2v) is 7.88. The van der Waals surface area contributed by atoms with Crippen molar-refractivity contribution in [2.75, 3.05) is 31.6 Å². The largest absolute Gasteiger partial charge is 0.345 e. The van der Waals surface area contributed by atoms with Gasteiger partial charge in [-0.05, 0) is 20.0 Å². The monoisotopic (exact) mass is 307 g/mol. The van der Waals surface area contributed by atoms with Gasteiger partial charge in [-0.3, -0.25) is 0 Å². The topological polar surface area (TPSA) is 36.7 Å². The van der Waals surface area contributed by atoms with E-state index in [1.54, 1.807) is 11.3 Å². The normalized spacial score (nSPS) is 20.1. The number of hydrogen-bond acceptors (Lipinski definition) is 5. The summed E-state index contributed by atoms with van der Waals surface area (Å²) >= 11 is 1.70. The fourth-order valence-electron chi connectivity index (χ4n) is 2.71. The van der Waals surface area contributed by atoms with E-state index in [9.17, 15) is 0 Å². The molecule has 3 heterocycles. The van der Waals surface area contributed by atoms with Crippen LogP contribution < -0.4 is 4.90 Å². The first kappa shape index (κ1) is 14.8. The van der Waals surface area contributed by atoms with Gasteiger partial charge >= 0.3 is 0 Å². The highest BCUT2D eigenvalue weighted by atomic mass is 32.1. The van der Waals surface area contributed by atoms with Gasteiger partial charge in [0.1, 0.15) is 0 Å². The van der Waals surface area contributed by atoms with Crippen LogP contribution >= 0.6 is 11.3 Å². The molecule has 2 aromatic rings. The van der Waals surface area contributed by atoms with Gasteiger partial charge in [-0.2, -0.15) is 0 Å². The molecule has 0 N–H and O–H groups in total. The highest BCUT2D eigenvalue weighted by molar-refractivity contribution is 7.20. The van der Waals surface area contributed by atoms with Crippen molar-refractivity contribution in [3.8, 4) is 0 Å². The number of hydrogen-bond donors (Lipinski definition) is 0. The number of imidazole rings is 1. The zero-order chi connectivity index (χ0) is 15.2. The van der Waals surface area contributed by atoms with Gasteiger partial charge in [-0.25, -0.2) is 9.50 Å². The second-order valence-electron chi connectivity index (χ2n) is 6.95. The van der Waals surface area contributed by atoms with Crippen LogP contribution in [0.4, 0.5) is 5.13 Å². The zero-order valence-electron chi connectivity index (χ0n) is 13.6. The van der Waals surface area contributed by atoms with E-state index < -0.39 is 0 Å². The van der Waals surface area contributed by atoms with E-state index in [-0.39, 0.29) is 5.41 Å². The first-order valence-corrected chi connectivity index (χ1v) is 8.52. The summed E-state index contributed by atoms with van der Waals surface area (Å²) in [7, 11) is 2.21. The van der Waals surface area contributed by atoms with Gasteiger partial charge in [0, 0.05) is 24.5 Å². The van der Waals surface area contributed by atoms with Gasteiger partial charge in [-0.1, -0.05) is 39.0 Å². The third-order valence-electron chi connectivity index (χ3n) is 4.36. The molecule has 1 unspecified atom stereocenters. The molecule has 5 nitrogen and oxygen atoms in total. The maximum absolute atomic E-state index is 4.73. The van der Waals surface area contributed by atoms with E-state index in [1.807, 2.05) is 4.52 Å². The standard InChI is InChI=1S/C15H25N5S/c1-6-18(5)11-7-8-19(9-11)14-17-20-10-12(15(2,3)4)16-13(20)21-14/h10-11H,6-9H2,1-5H3. The molecule has 0 amide bonds. The van der Waals surface area contributed by atoms with Gasteiger partial charge in [0.2, 0.25) is 10.1 Å². The van der Waals surface area contributed by atoms with Gasteiger partial charge < -0.3 is 9.80 Å². The molecule has 1 saturated heterocycles. The first-order chi connectivity index (χ1) is 9.88. The highest BCUT2D eigenvalue weighted by Crippen LogP contribution is 2.29. The van der Waals surface area contributed by atoms with Crippen molar-refractivity contribution < 1.29 is 0 Å². The molecule has 2 aromatic heterocycles. The Balaban J connectivity index is 1.78. The second kappa shape index (κ2) is 5.25. The average Bonchev–Trinajstić information content (AvgIpc) is 3.09. The predicted octanol–water partition coefficient (Wildman–Crippen LogP) is 2.62. The van der Waals surface area contributed by atoms with Crippen LogP contribution in [0.2, 0.25) is 0 Å². The van der Waals surface area contributed by atoms with E-state index in [4.69, 9.17) is 10.1 Å². The number of rotatable bonds is 3. The van der Waals surface area contributed by atoms with Crippen LogP contribution in [-0.2, 0) is 5.41 Å². The van der Waals surface area contributed by atoms with E-state index in [2.05, 4.69) is 50.7 Å². The highest BCUT2D eigenvalue weighted by Gasteiger charge is 2.28. The van der Waals surface area contributed by atoms with Crippen molar-refractivity contribution in [1.82, 2.24) is 19.5 Å². The van der Waals surface area contributed by atoms with Crippen molar-refractivity contribution in [1.29, 1.82) is 0 Å². The lowest BCUT2D eigenvalue weighted by atomic mass is 9.93. The number of likely N-dealkylation sites (N-methyl/N-ethyl adjacent to an activating group) is 1. The summed E-state index contributed by atoms with van der Waals surface area (Å²) in [6, 6.07) is 0.649. The van der Waals surface area contributed by atoms with Crippen molar-refractivity contribution in [3.05, 3.63) is 11.9 Å². The maximum Gasteiger partial charge on any atom is 0.214 e. The molecular weight excluding hydrogens is 282 g/mol. The quantitative estimate of drug-likeness (QED) is 0.873. The molecule has 3 rings (SSSR count). The Labute approximate surface area is 130 Å². The average molecular weight is 307 g/mol. The lowest BCUT2D eigenvalue weighted by Gasteiger charge is -2.22. The molecular formula is C15H25N5S. The molecule has 0 radical (unpaired) electrons. The summed E-state index contributed by atoms with van der Waals surface area (Å²) in [6.45, 7) is 12.1. The van der Waals surface area contributed by atoms with Crippen molar-refractivity contribution in [3.63, 3.8) is 0 Å². The van der Waals surface area contributed by atoms with Crippen LogP contribution in [0.3, 0.4) is 0 Å². The number of anilines is 1. The smallest absolute Gasteiger partial charge is 0.214 e. The summed E-state index contributed by atoms with van der Waals surface area (Å²) < 4.78 is 1.94. The lowest BCUT2D eigenvalue weighted by molar-refractivity contribution is 0.272. The van der Waals surface area contributed by atoms with Crippen LogP contribution in [0.5, 0.6) is 0 Å². The van der Waals surface area contributed by atoms with Crippen LogP contribution in [0, 0.1) is 0 Å². The number of nitrogens with zero attached hydrogens (tertiary/aromatic N) is 5. The number of aromatic nitrogens is 3. The molecule has 1 aliphatic heterocycles. The Kier molecular flexibility index (Phi) is 3.69. The molecule has 0 aromatic carbocycles. The molecule has 21 heavy (non-hydrogen) atoms. The summed E-state index contributed by atoms with van der Waals surface area (Å²) in [5.74, 6) is 0. The van der Waals surface area contributed by atoms with E-state index in [1.165, 1.54) is 6.42 Å². The van der Waals surface area contributed by atoms with Crippen LogP contribution in [0.25, 0.3) is 4.96 Å². The molecule has 1 aliphatic rings. The van der Waals surface area contributed by atoms with Crippen LogP contribution in [0.15, 0.2) is 6.20 Å². The Morgan fingerprint density at radius 1 is 1.43 bits per heavy atom. The SMILES string of the molecule is CCN(C)C1CCN(c2nn3cc(C(C)(C)C)nc3s2)C1. The fourth-order valence-corrected chi connectivity index (χ4v) is 3.63. The van der Waals surface area contributed by atoms with E-state index in [0.717, 1.165) is 35.4 Å². The van der Waals surface area contributed by atoms with Gasteiger partial charge in [0.15, 0.2) is 0 Å². The Morgan fingerprint density at radius 3 is 2.81 bits per heavy atom. The summed E-state index contributed by atoms with van der Waals surface area (Å²) in [4.78, 5) is 10.6. The fraction of sp³-hybridized carbons (Fsp3) is 0.733. The number of fused-ring (bicyclic) bond motifs is 1. The van der Waals surface area contributed by atoms with Crippen molar-refractivity contribution in [2.45, 2.75) is 45.6 Å². The lowest BCUT2D eigenvalue weighted by Crippen LogP contribution is -2.34. The Bertz CT molecular complexity index is 592. The predicted molar refractivity (Wildman–Crippen MR) is 88.5 cm³/mol. The molecule has 0 saturated carbocycles. The molecule has 0 spiro atoms. The molecule has 1 atom stereocenters. The van der Waals surface area contributed by atoms with Crippen molar-refractivity contribution in [2.24, 2.45) is 0 Å². The van der Waals surface area contributed by atoms with Gasteiger partial charge in [0.25, 0.3) is 0 Å². The Morgan fingerprint density at radius 2 is 2.19 bits per heavy atom. The molecule has 6 heteroatoms. The minimum atomic E-state index is 0.0795. The molecule has 0 bridgehead atoms. The Hall–Kier alpha value is -1.14. The molecule has 0 aliphatic carbocycles. The zero-order valence-corrected chi connectivity index (χ0v) is 14.4. The van der Waals surface area contributed by atoms with Gasteiger partial charge in [-0.15, -0.1) is 5.10 Å². The molecule has 1 fully saturated rings. The minimum absolute atomic E-state index is 0.0795. The molecule has 116 valence electrons. The summed E-state index contributed by atoms with van der Waals surface area (Å²) in [6.07, 6.45) is 3.29. The van der Waals surface area contributed by atoms with Gasteiger partial charge in [0.05, 0.1) is 11.9 Å². The van der Waals surface area contributed by atoms with E-state index in [0.29, 0.717) is 6.04 Å². The van der Waals surface area contributed by atoms with Crippen LogP contribution in [0.1, 0.15) is 39.8 Å². The third kappa shape index (κ3) is 2.79. The minimum Gasteiger partial charge on any atom is -0.345 e. The van der Waals surface area contributed by atoms with Crippen LogP contribution in [-0.4, -0.2) is 52.2 Å². The summed E-state index contributed by atoms with van der Waals surface area (Å²) in [5.41, 5.74) is 1.19. The maximum atomic E-state index is 4.73. The first-order valence-electron chi connectivity index (χ1n) is 7.70. The third-order valence-corrected chi connectivity index (χ3v) is 5.34. The summed E-state index contributed by atoms with van der Waals surface area (Å²) in [5, 5.41) is 5.83.